The molecule has 1 atom stereocenters. The molecule has 2 aromatic heterocycles. The molecule has 18 heteroatoms. The normalized spacial score (nSPS) is 20.4. The Kier molecular flexibility index (Phi) is 11.1. The number of likely N-dealkylation sites (tertiary alicyclic amines) is 2. The molecule has 0 bridgehead atoms. The number of carbonyl (C=O) groups excluding carboxylic acids is 4. The second kappa shape index (κ2) is 17.0. The van der Waals surface area contributed by atoms with Gasteiger partial charge in [0.05, 0.1) is 17.8 Å². The Hall–Kier alpha value is -6.24. The fraction of sp³-hybridized carbons (Fsp3) is 0.383. The van der Waals surface area contributed by atoms with Crippen LogP contribution in [0.3, 0.4) is 0 Å². The minimum absolute atomic E-state index is 0.00723. The molecular formula is C47H48F2N8O7S. The van der Waals surface area contributed by atoms with Crippen LogP contribution in [0, 0.1) is 17.0 Å². The molecule has 3 aromatic carbocycles. The van der Waals surface area contributed by atoms with Crippen molar-refractivity contribution in [3.05, 3.63) is 107 Å². The molecular weight excluding hydrogens is 859 g/mol. The number of halogens is 2. The number of imide groups is 1. The number of pyridine rings is 1. The molecule has 0 radical (unpaired) electrons. The number of ether oxygens (including phenoxy) is 1. The highest BCUT2D eigenvalue weighted by atomic mass is 32.2. The Morgan fingerprint density at radius 2 is 1.60 bits per heavy atom. The van der Waals surface area contributed by atoms with Crippen LogP contribution in [-0.4, -0.2) is 121 Å². The molecule has 5 aromatic rings. The molecule has 15 nitrogen and oxygen atoms in total. The third kappa shape index (κ3) is 8.45. The lowest BCUT2D eigenvalue weighted by Gasteiger charge is -2.61. The zero-order valence-corrected chi connectivity index (χ0v) is 36.3. The number of H-pyrrole nitrogens is 1. The molecule has 1 unspecified atom stereocenters. The van der Waals surface area contributed by atoms with Gasteiger partial charge in [0.1, 0.15) is 17.2 Å². The number of carbonyl (C=O) groups is 4. The highest BCUT2D eigenvalue weighted by molar-refractivity contribution is 7.90. The van der Waals surface area contributed by atoms with Crippen LogP contribution in [0.5, 0.6) is 5.75 Å². The maximum Gasteiger partial charge on any atom is 0.301 e. The Morgan fingerprint density at radius 3 is 2.31 bits per heavy atom. The van der Waals surface area contributed by atoms with E-state index in [0.29, 0.717) is 54.1 Å². The summed E-state index contributed by atoms with van der Waals surface area (Å²) in [6, 6.07) is 19.4. The third-order valence-corrected chi connectivity index (χ3v) is 15.0. The summed E-state index contributed by atoms with van der Waals surface area (Å²) in [4.78, 5) is 64.4. The molecule has 5 saturated heterocycles. The molecule has 5 aliphatic rings. The SMILES string of the molecule is O=C1CCC(Oc2ccc(C3CCN(CC(=O)N4CC5(C4)CN(c4ccc(-c6cnc7[nH]cc(C(=O)c8c(F)ccc(NS(=O)(=O)N9CCCC9)c8F)c7c6)cc4)C5)CC3)cc2)C(=O)N1. The van der Waals surface area contributed by atoms with Crippen LogP contribution >= 0.6 is 0 Å². The number of amides is 3. The lowest BCUT2D eigenvalue weighted by atomic mass is 9.72. The minimum Gasteiger partial charge on any atom is -0.481 e. The quantitative estimate of drug-likeness (QED) is 0.111. The van der Waals surface area contributed by atoms with Gasteiger partial charge in [0, 0.05) is 92.1 Å². The highest BCUT2D eigenvalue weighted by Crippen LogP contribution is 2.43. The van der Waals surface area contributed by atoms with Crippen molar-refractivity contribution < 1.29 is 41.1 Å². The average Bonchev–Trinajstić information content (AvgIpc) is 3.98. The number of nitrogens with zero attached hydrogens (tertiary/aromatic N) is 5. The largest absolute Gasteiger partial charge is 0.481 e. The second-order valence-corrected chi connectivity index (χ2v) is 19.6. The van der Waals surface area contributed by atoms with Gasteiger partial charge in [-0.05, 0) is 98.3 Å². The third-order valence-electron chi connectivity index (χ3n) is 13.5. The predicted octanol–water partition coefficient (Wildman–Crippen LogP) is 5.20. The summed E-state index contributed by atoms with van der Waals surface area (Å²) < 4.78 is 65.7. The average molecular weight is 907 g/mol. The maximum atomic E-state index is 15.7. The van der Waals surface area contributed by atoms with Crippen molar-refractivity contribution in [2.45, 2.75) is 50.5 Å². The Labute approximate surface area is 374 Å². The van der Waals surface area contributed by atoms with Gasteiger partial charge < -0.3 is 19.5 Å². The maximum absolute atomic E-state index is 15.7. The number of piperidine rings is 2. The Bertz CT molecular complexity index is 2790. The van der Waals surface area contributed by atoms with Crippen molar-refractivity contribution in [1.82, 2.24) is 29.4 Å². The fourth-order valence-electron chi connectivity index (χ4n) is 9.89. The Morgan fingerprint density at radius 1 is 0.877 bits per heavy atom. The predicted molar refractivity (Wildman–Crippen MR) is 238 cm³/mol. The summed E-state index contributed by atoms with van der Waals surface area (Å²) in [5, 5.41) is 2.68. The van der Waals surface area contributed by atoms with Crippen molar-refractivity contribution in [3.63, 3.8) is 0 Å². The van der Waals surface area contributed by atoms with Gasteiger partial charge in [0.15, 0.2) is 11.9 Å². The van der Waals surface area contributed by atoms with E-state index in [-0.39, 0.29) is 42.3 Å². The number of ketones is 1. The number of hydrogen-bond donors (Lipinski definition) is 3. The van der Waals surface area contributed by atoms with Crippen molar-refractivity contribution >= 4 is 56.1 Å². The molecule has 5 fully saturated rings. The molecule has 65 heavy (non-hydrogen) atoms. The molecule has 338 valence electrons. The lowest BCUT2D eigenvalue weighted by molar-refractivity contribution is -0.146. The van der Waals surface area contributed by atoms with Gasteiger partial charge in [-0.3, -0.25) is 34.1 Å². The summed E-state index contributed by atoms with van der Waals surface area (Å²) >= 11 is 0. The summed E-state index contributed by atoms with van der Waals surface area (Å²) in [7, 11) is -4.09. The van der Waals surface area contributed by atoms with Crippen LogP contribution in [0.4, 0.5) is 20.2 Å². The molecule has 3 N–H and O–H groups in total. The number of nitrogens with one attached hydrogen (secondary N) is 3. The summed E-state index contributed by atoms with van der Waals surface area (Å²) in [6.45, 7) is 5.82. The highest BCUT2D eigenvalue weighted by Gasteiger charge is 2.53. The summed E-state index contributed by atoms with van der Waals surface area (Å²) in [5.41, 5.74) is 2.81. The van der Waals surface area contributed by atoms with Crippen LogP contribution in [-0.2, 0) is 24.6 Å². The fourth-order valence-corrected chi connectivity index (χ4v) is 11.2. The molecule has 7 heterocycles. The molecule has 10 rings (SSSR count). The number of rotatable bonds is 12. The topological polar surface area (TPSA) is 177 Å². The summed E-state index contributed by atoms with van der Waals surface area (Å²) in [5.74, 6) is -2.89. The van der Waals surface area contributed by atoms with Gasteiger partial charge >= 0.3 is 10.2 Å². The molecule has 5 aliphatic heterocycles. The first kappa shape index (κ1) is 42.7. The van der Waals surface area contributed by atoms with Gasteiger partial charge in [-0.25, -0.2) is 13.8 Å². The van der Waals surface area contributed by atoms with Gasteiger partial charge in [-0.1, -0.05) is 24.3 Å². The number of hydrogen-bond acceptors (Lipinski definition) is 10. The minimum atomic E-state index is -4.09. The van der Waals surface area contributed by atoms with Crippen LogP contribution in [0.15, 0.2) is 79.1 Å². The van der Waals surface area contributed by atoms with E-state index in [1.807, 2.05) is 53.4 Å². The van der Waals surface area contributed by atoms with Gasteiger partial charge in [0.25, 0.3) is 5.91 Å². The molecule has 0 aliphatic carbocycles. The first-order chi connectivity index (χ1) is 31.3. The zero-order valence-electron chi connectivity index (χ0n) is 35.5. The van der Waals surface area contributed by atoms with E-state index in [9.17, 15) is 27.6 Å². The van der Waals surface area contributed by atoms with Crippen LogP contribution in [0.1, 0.15) is 65.9 Å². The number of aromatic nitrogens is 2. The van der Waals surface area contributed by atoms with Gasteiger partial charge in [-0.2, -0.15) is 12.7 Å². The van der Waals surface area contributed by atoms with Gasteiger partial charge in [0.2, 0.25) is 17.6 Å². The van der Waals surface area contributed by atoms with E-state index in [4.69, 9.17) is 4.74 Å². The first-order valence-electron chi connectivity index (χ1n) is 22.0. The Balaban J connectivity index is 0.704. The van der Waals surface area contributed by atoms with E-state index in [2.05, 4.69) is 29.8 Å². The second-order valence-electron chi connectivity index (χ2n) is 18.0. The van der Waals surface area contributed by atoms with E-state index in [1.54, 1.807) is 12.3 Å². The van der Waals surface area contributed by atoms with Crippen molar-refractivity contribution in [1.29, 1.82) is 0 Å². The first-order valence-corrected chi connectivity index (χ1v) is 23.5. The molecule has 0 saturated carbocycles. The number of benzene rings is 3. The van der Waals surface area contributed by atoms with E-state index < -0.39 is 50.9 Å². The van der Waals surface area contributed by atoms with Crippen LogP contribution in [0.25, 0.3) is 22.2 Å². The number of anilines is 2. The van der Waals surface area contributed by atoms with E-state index >= 15 is 8.78 Å². The standard InChI is InChI=1S/C47H48F2N8O7S/c48-37-11-12-38(53-65(62,63)57-17-1-2-18-57)43(49)42(37)44(60)36-23-51-45-35(36)21-32(22-50-45)30-3-7-33(8-4-30)55-25-47(26-55)27-56(28-47)41(59)24-54-19-15-31(16-20-54)29-5-9-34(10-6-29)64-39-13-14-40(58)52-46(39)61/h3-12,21-23,31,39,53H,1-2,13-20,24-28H2,(H,50,51)(H,52,58,61). The van der Waals surface area contributed by atoms with Crippen molar-refractivity contribution in [2.24, 2.45) is 5.41 Å². The van der Waals surface area contributed by atoms with Crippen molar-refractivity contribution in [2.75, 3.05) is 68.5 Å². The molecule has 1 spiro atoms. The smallest absolute Gasteiger partial charge is 0.301 e. The zero-order chi connectivity index (χ0) is 45.0. The van der Waals surface area contributed by atoms with Crippen LogP contribution < -0.4 is 19.7 Å². The van der Waals surface area contributed by atoms with Gasteiger partial charge in [-0.15, -0.1) is 0 Å². The molecule has 3 amide bonds. The summed E-state index contributed by atoms with van der Waals surface area (Å²) in [6.07, 6.45) is 6.23. The number of aromatic amines is 1. The van der Waals surface area contributed by atoms with Crippen LogP contribution in [0.2, 0.25) is 0 Å². The van der Waals surface area contributed by atoms with Crippen molar-refractivity contribution in [3.8, 4) is 16.9 Å². The number of fused-ring (bicyclic) bond motifs is 1. The lowest BCUT2D eigenvalue weighted by Crippen LogP contribution is -2.73. The van der Waals surface area contributed by atoms with E-state index in [0.717, 1.165) is 75.5 Å². The monoisotopic (exact) mass is 906 g/mol. The van der Waals surface area contributed by atoms with E-state index in [1.165, 1.54) is 16.1 Å².